The zero-order chi connectivity index (χ0) is 10.6. The quantitative estimate of drug-likeness (QED) is 0.721. The summed E-state index contributed by atoms with van der Waals surface area (Å²) in [6.45, 7) is 1.80. The Hall–Kier alpha value is -1.86. The van der Waals surface area contributed by atoms with E-state index in [4.69, 9.17) is 11.0 Å². The molecule has 1 aromatic carbocycles. The number of rotatable bonds is 2. The third-order valence-corrected chi connectivity index (χ3v) is 1.83. The largest absolute Gasteiger partial charge is 0.325 e. The summed E-state index contributed by atoms with van der Waals surface area (Å²) < 4.78 is 0. The summed E-state index contributed by atoms with van der Waals surface area (Å²) in [6.07, 6.45) is 0. The molecule has 0 heterocycles. The second kappa shape index (κ2) is 4.40. The number of nitrogens with zero attached hydrogens (tertiary/aromatic N) is 1. The van der Waals surface area contributed by atoms with Gasteiger partial charge in [-0.2, -0.15) is 5.26 Å². The van der Waals surface area contributed by atoms with Gasteiger partial charge in [-0.25, -0.2) is 0 Å². The van der Waals surface area contributed by atoms with Crippen LogP contribution in [-0.2, 0) is 4.79 Å². The van der Waals surface area contributed by atoms with Crippen LogP contribution in [0.5, 0.6) is 0 Å². The highest BCUT2D eigenvalue weighted by molar-refractivity contribution is 5.92. The third-order valence-electron chi connectivity index (χ3n) is 1.83. The molecular weight excluding hydrogens is 178 g/mol. The van der Waals surface area contributed by atoms with Gasteiger partial charge in [0.2, 0.25) is 5.91 Å². The van der Waals surface area contributed by atoms with Crippen molar-refractivity contribution in [2.24, 2.45) is 5.73 Å². The Bertz CT molecular complexity index is 393. The number of nitrogens with two attached hydrogens (primary N) is 1. The van der Waals surface area contributed by atoms with Crippen molar-refractivity contribution in [1.29, 1.82) is 5.26 Å². The van der Waals surface area contributed by atoms with Crippen molar-refractivity contribution >= 4 is 11.6 Å². The van der Waals surface area contributed by atoms with Crippen LogP contribution in [-0.4, -0.2) is 12.5 Å². The average molecular weight is 189 g/mol. The molecule has 0 saturated heterocycles. The average Bonchev–Trinajstić information content (AvgIpc) is 2.21. The van der Waals surface area contributed by atoms with Gasteiger partial charge in [0, 0.05) is 5.69 Å². The molecule has 14 heavy (non-hydrogen) atoms. The number of nitriles is 1. The topological polar surface area (TPSA) is 78.9 Å². The van der Waals surface area contributed by atoms with E-state index in [0.29, 0.717) is 11.3 Å². The normalized spacial score (nSPS) is 9.21. The van der Waals surface area contributed by atoms with Crippen LogP contribution in [0.15, 0.2) is 18.2 Å². The molecular formula is C10H11N3O. The van der Waals surface area contributed by atoms with Gasteiger partial charge in [-0.1, -0.05) is 6.07 Å². The molecule has 0 aromatic heterocycles. The minimum Gasteiger partial charge on any atom is -0.325 e. The molecule has 0 unspecified atom stereocenters. The molecule has 1 rings (SSSR count). The van der Waals surface area contributed by atoms with Gasteiger partial charge in [-0.15, -0.1) is 0 Å². The summed E-state index contributed by atoms with van der Waals surface area (Å²) in [5.41, 5.74) is 7.23. The van der Waals surface area contributed by atoms with Crippen LogP contribution < -0.4 is 11.1 Å². The van der Waals surface area contributed by atoms with Crippen molar-refractivity contribution in [2.75, 3.05) is 11.9 Å². The molecule has 0 aliphatic heterocycles. The van der Waals surface area contributed by atoms with E-state index < -0.39 is 0 Å². The van der Waals surface area contributed by atoms with Crippen molar-refractivity contribution in [3.63, 3.8) is 0 Å². The van der Waals surface area contributed by atoms with E-state index in [1.54, 1.807) is 18.2 Å². The number of anilines is 1. The lowest BCUT2D eigenvalue weighted by atomic mass is 10.1. The molecule has 0 aliphatic rings. The summed E-state index contributed by atoms with van der Waals surface area (Å²) in [6, 6.07) is 7.12. The van der Waals surface area contributed by atoms with E-state index in [1.807, 2.05) is 13.0 Å². The van der Waals surface area contributed by atoms with Gasteiger partial charge in [0.1, 0.15) is 0 Å². The lowest BCUT2D eigenvalue weighted by molar-refractivity contribution is -0.114. The predicted octanol–water partition coefficient (Wildman–Crippen LogP) is 0.764. The number of hydrogen-bond donors (Lipinski definition) is 2. The van der Waals surface area contributed by atoms with Crippen LogP contribution >= 0.6 is 0 Å². The standard InChI is InChI=1S/C10H11N3O/c1-7-2-3-8(5-11)4-9(7)13-10(14)6-12/h2-4H,6,12H2,1H3,(H,13,14). The molecule has 72 valence electrons. The van der Waals surface area contributed by atoms with Gasteiger partial charge >= 0.3 is 0 Å². The molecule has 1 aromatic rings. The first-order valence-electron chi connectivity index (χ1n) is 4.18. The summed E-state index contributed by atoms with van der Waals surface area (Å²) in [7, 11) is 0. The Labute approximate surface area is 82.3 Å². The highest BCUT2D eigenvalue weighted by atomic mass is 16.1. The summed E-state index contributed by atoms with van der Waals surface area (Å²) in [4.78, 5) is 11.0. The van der Waals surface area contributed by atoms with Crippen molar-refractivity contribution in [1.82, 2.24) is 0 Å². The molecule has 0 radical (unpaired) electrons. The van der Waals surface area contributed by atoms with E-state index in [0.717, 1.165) is 5.56 Å². The summed E-state index contributed by atoms with van der Waals surface area (Å²) in [5, 5.41) is 11.3. The van der Waals surface area contributed by atoms with Gasteiger partial charge < -0.3 is 11.1 Å². The molecule has 3 N–H and O–H groups in total. The first kappa shape index (κ1) is 10.2. The Morgan fingerprint density at radius 2 is 2.36 bits per heavy atom. The van der Waals surface area contributed by atoms with E-state index in [1.165, 1.54) is 0 Å². The number of benzene rings is 1. The van der Waals surface area contributed by atoms with Gasteiger partial charge in [0.15, 0.2) is 0 Å². The zero-order valence-corrected chi connectivity index (χ0v) is 7.87. The summed E-state index contributed by atoms with van der Waals surface area (Å²) >= 11 is 0. The molecule has 1 amide bonds. The van der Waals surface area contributed by atoms with Crippen molar-refractivity contribution < 1.29 is 4.79 Å². The fourth-order valence-electron chi connectivity index (χ4n) is 1.03. The van der Waals surface area contributed by atoms with Crippen LogP contribution in [0.25, 0.3) is 0 Å². The minimum absolute atomic E-state index is 0.0593. The van der Waals surface area contributed by atoms with Crippen LogP contribution in [0.3, 0.4) is 0 Å². The molecule has 4 heteroatoms. The maximum absolute atomic E-state index is 11.0. The van der Waals surface area contributed by atoms with Crippen molar-refractivity contribution in [2.45, 2.75) is 6.92 Å². The van der Waals surface area contributed by atoms with Crippen molar-refractivity contribution in [3.05, 3.63) is 29.3 Å². The monoisotopic (exact) mass is 189 g/mol. The number of nitrogens with one attached hydrogen (secondary N) is 1. The van der Waals surface area contributed by atoms with Gasteiger partial charge in [-0.05, 0) is 24.6 Å². The molecule has 0 aliphatic carbocycles. The van der Waals surface area contributed by atoms with Crippen molar-refractivity contribution in [3.8, 4) is 6.07 Å². The fraction of sp³-hybridized carbons (Fsp3) is 0.200. The molecule has 0 fully saturated rings. The maximum Gasteiger partial charge on any atom is 0.238 e. The fourth-order valence-corrected chi connectivity index (χ4v) is 1.03. The van der Waals surface area contributed by atoms with Gasteiger partial charge in [0.05, 0.1) is 18.2 Å². The number of carbonyl (C=O) groups is 1. The maximum atomic E-state index is 11.0. The number of carbonyl (C=O) groups excluding carboxylic acids is 1. The second-order valence-electron chi connectivity index (χ2n) is 2.89. The Balaban J connectivity index is 2.96. The summed E-state index contributed by atoms with van der Waals surface area (Å²) in [5.74, 6) is -0.261. The van der Waals surface area contributed by atoms with Gasteiger partial charge in [-0.3, -0.25) is 4.79 Å². The van der Waals surface area contributed by atoms with Crippen LogP contribution in [0.1, 0.15) is 11.1 Å². The first-order valence-corrected chi connectivity index (χ1v) is 4.18. The van der Waals surface area contributed by atoms with E-state index in [-0.39, 0.29) is 12.5 Å². The lowest BCUT2D eigenvalue weighted by Crippen LogP contribution is -2.22. The third kappa shape index (κ3) is 2.31. The van der Waals surface area contributed by atoms with Crippen LogP contribution in [0.4, 0.5) is 5.69 Å². The molecule has 4 nitrogen and oxygen atoms in total. The second-order valence-corrected chi connectivity index (χ2v) is 2.89. The van der Waals surface area contributed by atoms with Crippen LogP contribution in [0, 0.1) is 18.3 Å². The Morgan fingerprint density at radius 3 is 2.93 bits per heavy atom. The van der Waals surface area contributed by atoms with E-state index >= 15 is 0 Å². The van der Waals surface area contributed by atoms with E-state index in [9.17, 15) is 4.79 Å². The first-order chi connectivity index (χ1) is 6.67. The number of hydrogen-bond acceptors (Lipinski definition) is 3. The van der Waals surface area contributed by atoms with E-state index in [2.05, 4.69) is 5.32 Å². The Morgan fingerprint density at radius 1 is 1.64 bits per heavy atom. The molecule has 0 bridgehead atoms. The molecule has 0 saturated carbocycles. The van der Waals surface area contributed by atoms with Gasteiger partial charge in [0.25, 0.3) is 0 Å². The number of amides is 1. The smallest absolute Gasteiger partial charge is 0.238 e. The number of aryl methyl sites for hydroxylation is 1. The van der Waals surface area contributed by atoms with Crippen LogP contribution in [0.2, 0.25) is 0 Å². The molecule has 0 spiro atoms. The zero-order valence-electron chi connectivity index (χ0n) is 7.87. The molecule has 0 atom stereocenters. The highest BCUT2D eigenvalue weighted by Gasteiger charge is 2.03. The SMILES string of the molecule is Cc1ccc(C#N)cc1NC(=O)CN. The predicted molar refractivity (Wildman–Crippen MR) is 53.6 cm³/mol. The Kier molecular flexibility index (Phi) is 3.21. The highest BCUT2D eigenvalue weighted by Crippen LogP contribution is 2.15. The minimum atomic E-state index is -0.261. The lowest BCUT2D eigenvalue weighted by Gasteiger charge is -2.06.